The van der Waals surface area contributed by atoms with Gasteiger partial charge in [0.15, 0.2) is 0 Å². The maximum atomic E-state index is 13.4. The van der Waals surface area contributed by atoms with Crippen LogP contribution in [0.1, 0.15) is 25.2 Å². The van der Waals surface area contributed by atoms with Crippen molar-refractivity contribution < 1.29 is 13.6 Å². The zero-order valence-corrected chi connectivity index (χ0v) is 12.1. The highest BCUT2D eigenvalue weighted by molar-refractivity contribution is 5.77. The SMILES string of the molecule is NC(=O)C1CCN(Cc2nc3ccccc3n2C(F)F)CC1. The molecule has 0 unspecified atom stereocenters. The van der Waals surface area contributed by atoms with Gasteiger partial charge in [-0.15, -0.1) is 0 Å². The number of nitrogens with zero attached hydrogens (tertiary/aromatic N) is 3. The van der Waals surface area contributed by atoms with E-state index in [4.69, 9.17) is 5.73 Å². The van der Waals surface area contributed by atoms with Crippen LogP contribution in [0.25, 0.3) is 11.0 Å². The van der Waals surface area contributed by atoms with Gasteiger partial charge in [-0.05, 0) is 38.1 Å². The highest BCUT2D eigenvalue weighted by Crippen LogP contribution is 2.25. The van der Waals surface area contributed by atoms with Crippen LogP contribution in [0, 0.1) is 5.92 Å². The number of hydrogen-bond donors (Lipinski definition) is 1. The number of piperidine rings is 1. The molecule has 2 aromatic rings. The fourth-order valence-corrected chi connectivity index (χ4v) is 3.00. The molecule has 1 fully saturated rings. The average Bonchev–Trinajstić information content (AvgIpc) is 2.85. The molecule has 1 aliphatic heterocycles. The summed E-state index contributed by atoms with van der Waals surface area (Å²) in [4.78, 5) is 17.5. The number of imidazole rings is 1. The standard InChI is InChI=1S/C15H18F2N4O/c16-15(17)21-12-4-2-1-3-11(12)19-13(21)9-20-7-5-10(6-8-20)14(18)22/h1-4,10,15H,5-9H2,(H2,18,22). The summed E-state index contributed by atoms with van der Waals surface area (Å²) in [5.41, 5.74) is 6.32. The number of nitrogens with two attached hydrogens (primary N) is 1. The third-order valence-electron chi connectivity index (χ3n) is 4.22. The predicted octanol–water partition coefficient (Wildman–Crippen LogP) is 2.13. The first kappa shape index (κ1) is 14.9. The topological polar surface area (TPSA) is 64.2 Å². The Balaban J connectivity index is 1.79. The largest absolute Gasteiger partial charge is 0.369 e. The summed E-state index contributed by atoms with van der Waals surface area (Å²) in [5, 5.41) is 0. The minimum absolute atomic E-state index is 0.106. The number of likely N-dealkylation sites (tertiary alicyclic amines) is 1. The maximum absolute atomic E-state index is 13.4. The predicted molar refractivity (Wildman–Crippen MR) is 78.2 cm³/mol. The molecule has 5 nitrogen and oxygen atoms in total. The molecule has 0 spiro atoms. The van der Waals surface area contributed by atoms with Crippen molar-refractivity contribution in [3.63, 3.8) is 0 Å². The number of rotatable bonds is 4. The van der Waals surface area contributed by atoms with Gasteiger partial charge in [-0.1, -0.05) is 12.1 Å². The third-order valence-corrected chi connectivity index (χ3v) is 4.22. The quantitative estimate of drug-likeness (QED) is 0.941. The van der Waals surface area contributed by atoms with Crippen LogP contribution in [-0.2, 0) is 11.3 Å². The molecule has 0 bridgehead atoms. The van der Waals surface area contributed by atoms with Gasteiger partial charge in [0.25, 0.3) is 0 Å². The van der Waals surface area contributed by atoms with Crippen molar-refractivity contribution in [1.82, 2.24) is 14.5 Å². The summed E-state index contributed by atoms with van der Waals surface area (Å²) in [7, 11) is 0. The fourth-order valence-electron chi connectivity index (χ4n) is 3.00. The second kappa shape index (κ2) is 6.00. The molecule has 0 aliphatic carbocycles. The van der Waals surface area contributed by atoms with Crippen LogP contribution in [-0.4, -0.2) is 33.4 Å². The van der Waals surface area contributed by atoms with Gasteiger partial charge < -0.3 is 5.73 Å². The Bertz CT molecular complexity index is 677. The number of amides is 1. The Hall–Kier alpha value is -2.02. The van der Waals surface area contributed by atoms with Crippen LogP contribution in [0.3, 0.4) is 0 Å². The Labute approximate surface area is 126 Å². The normalized spacial score (nSPS) is 17.4. The van der Waals surface area contributed by atoms with Gasteiger partial charge in [0, 0.05) is 5.92 Å². The van der Waals surface area contributed by atoms with Crippen molar-refractivity contribution in [1.29, 1.82) is 0 Å². The number of primary amides is 1. The molecule has 2 N–H and O–H groups in total. The molecular weight excluding hydrogens is 290 g/mol. The summed E-state index contributed by atoms with van der Waals surface area (Å²) in [6.07, 6.45) is 1.34. The van der Waals surface area contributed by atoms with E-state index in [0.717, 1.165) is 4.57 Å². The van der Waals surface area contributed by atoms with E-state index in [-0.39, 0.29) is 11.8 Å². The van der Waals surface area contributed by atoms with Crippen LogP contribution >= 0.6 is 0 Å². The Kier molecular flexibility index (Phi) is 4.06. The molecule has 2 heterocycles. The van der Waals surface area contributed by atoms with Crippen LogP contribution in [0.2, 0.25) is 0 Å². The number of fused-ring (bicyclic) bond motifs is 1. The average molecular weight is 308 g/mol. The number of hydrogen-bond acceptors (Lipinski definition) is 3. The lowest BCUT2D eigenvalue weighted by Gasteiger charge is -2.30. The molecule has 0 radical (unpaired) electrons. The lowest BCUT2D eigenvalue weighted by molar-refractivity contribution is -0.123. The molecule has 118 valence electrons. The minimum atomic E-state index is -2.62. The number of aromatic nitrogens is 2. The van der Waals surface area contributed by atoms with Crippen LogP contribution < -0.4 is 5.73 Å². The van der Waals surface area contributed by atoms with Crippen molar-refractivity contribution in [2.24, 2.45) is 11.7 Å². The van der Waals surface area contributed by atoms with Crippen molar-refractivity contribution in [3.05, 3.63) is 30.1 Å². The summed E-state index contributed by atoms with van der Waals surface area (Å²) in [6, 6.07) is 6.90. The molecule has 1 aromatic heterocycles. The molecule has 22 heavy (non-hydrogen) atoms. The van der Waals surface area contributed by atoms with E-state index in [2.05, 4.69) is 4.98 Å². The monoisotopic (exact) mass is 308 g/mol. The van der Waals surface area contributed by atoms with E-state index in [0.29, 0.717) is 49.3 Å². The smallest absolute Gasteiger partial charge is 0.320 e. The highest BCUT2D eigenvalue weighted by atomic mass is 19.3. The summed E-state index contributed by atoms with van der Waals surface area (Å²) >= 11 is 0. The number of benzene rings is 1. The Morgan fingerprint density at radius 3 is 2.64 bits per heavy atom. The lowest BCUT2D eigenvalue weighted by Crippen LogP contribution is -2.38. The Morgan fingerprint density at radius 1 is 1.32 bits per heavy atom. The molecule has 3 rings (SSSR count). The molecule has 0 saturated carbocycles. The zero-order chi connectivity index (χ0) is 15.7. The number of carbonyl (C=O) groups excluding carboxylic acids is 1. The minimum Gasteiger partial charge on any atom is -0.369 e. The van der Waals surface area contributed by atoms with E-state index in [1.54, 1.807) is 24.3 Å². The van der Waals surface area contributed by atoms with Gasteiger partial charge >= 0.3 is 6.55 Å². The molecule has 0 atom stereocenters. The van der Waals surface area contributed by atoms with Gasteiger partial charge in [0.2, 0.25) is 5.91 Å². The van der Waals surface area contributed by atoms with E-state index < -0.39 is 6.55 Å². The first-order valence-corrected chi connectivity index (χ1v) is 7.32. The number of alkyl halides is 2. The van der Waals surface area contributed by atoms with Crippen molar-refractivity contribution in [3.8, 4) is 0 Å². The van der Waals surface area contributed by atoms with Gasteiger partial charge in [-0.2, -0.15) is 8.78 Å². The molecular formula is C15H18F2N4O. The first-order chi connectivity index (χ1) is 10.6. The molecule has 1 saturated heterocycles. The van der Waals surface area contributed by atoms with Gasteiger partial charge in [0.1, 0.15) is 5.82 Å². The van der Waals surface area contributed by atoms with Crippen LogP contribution in [0.15, 0.2) is 24.3 Å². The van der Waals surface area contributed by atoms with Crippen molar-refractivity contribution in [2.45, 2.75) is 25.9 Å². The van der Waals surface area contributed by atoms with Gasteiger partial charge in [-0.25, -0.2) is 4.98 Å². The second-order valence-electron chi connectivity index (χ2n) is 5.62. The number of halogens is 2. The van der Waals surface area contributed by atoms with E-state index in [1.807, 2.05) is 4.90 Å². The summed E-state index contributed by atoms with van der Waals surface area (Å²) in [5.74, 6) is -0.0293. The van der Waals surface area contributed by atoms with E-state index in [1.165, 1.54) is 0 Å². The summed E-state index contributed by atoms with van der Waals surface area (Å²) in [6.45, 7) is -0.935. The Morgan fingerprint density at radius 2 is 2.00 bits per heavy atom. The molecule has 1 aliphatic rings. The first-order valence-electron chi connectivity index (χ1n) is 7.32. The number of para-hydroxylation sites is 2. The van der Waals surface area contributed by atoms with Crippen LogP contribution in [0.5, 0.6) is 0 Å². The number of carbonyl (C=O) groups is 1. The fraction of sp³-hybridized carbons (Fsp3) is 0.467. The summed E-state index contributed by atoms with van der Waals surface area (Å²) < 4.78 is 27.7. The maximum Gasteiger partial charge on any atom is 0.320 e. The van der Waals surface area contributed by atoms with Crippen molar-refractivity contribution >= 4 is 16.9 Å². The zero-order valence-electron chi connectivity index (χ0n) is 12.1. The molecule has 1 amide bonds. The van der Waals surface area contributed by atoms with Gasteiger partial charge in [-0.3, -0.25) is 14.3 Å². The van der Waals surface area contributed by atoms with Crippen molar-refractivity contribution in [2.75, 3.05) is 13.1 Å². The van der Waals surface area contributed by atoms with E-state index >= 15 is 0 Å². The van der Waals surface area contributed by atoms with E-state index in [9.17, 15) is 13.6 Å². The van der Waals surface area contributed by atoms with Gasteiger partial charge in [0.05, 0.1) is 17.6 Å². The molecule has 1 aromatic carbocycles. The third kappa shape index (κ3) is 2.81. The second-order valence-corrected chi connectivity index (χ2v) is 5.62. The molecule has 7 heteroatoms. The highest BCUT2D eigenvalue weighted by Gasteiger charge is 2.25. The van der Waals surface area contributed by atoms with Crippen LogP contribution in [0.4, 0.5) is 8.78 Å². The lowest BCUT2D eigenvalue weighted by atomic mass is 9.96.